The Morgan fingerprint density at radius 1 is 1.12 bits per heavy atom. The molecular weight excluding hydrogens is 420 g/mol. The summed E-state index contributed by atoms with van der Waals surface area (Å²) < 4.78 is 0. The van der Waals surface area contributed by atoms with Gasteiger partial charge in [-0.25, -0.2) is 4.98 Å². The fourth-order valence-electron chi connectivity index (χ4n) is 3.59. The Hall–Kier alpha value is -3.20. The molecule has 3 rings (SSSR count). The standard InChI is InChI=1S/C24H34N6O3/c1-17(2)28-19-6-5-10-25-21(19)29-12-14-30(15-13-29)23(32)20-8-7-18(16-27-20)22(31)26-11-9-24(3,4)33/h5-8,10,16-17,28,33H,9,11-15H2,1-4H3,(H,26,31). The summed E-state index contributed by atoms with van der Waals surface area (Å²) in [5.41, 5.74) is 0.851. The molecule has 1 aliphatic heterocycles. The monoisotopic (exact) mass is 454 g/mol. The minimum atomic E-state index is -0.838. The number of pyridine rings is 2. The van der Waals surface area contributed by atoms with Gasteiger partial charge < -0.3 is 25.5 Å². The molecule has 0 aromatic carbocycles. The zero-order valence-electron chi connectivity index (χ0n) is 19.8. The number of aromatic nitrogens is 2. The zero-order valence-corrected chi connectivity index (χ0v) is 19.8. The predicted molar refractivity (Wildman–Crippen MR) is 129 cm³/mol. The molecule has 2 amide bonds. The van der Waals surface area contributed by atoms with Gasteiger partial charge in [-0.05, 0) is 58.4 Å². The van der Waals surface area contributed by atoms with E-state index in [4.69, 9.17) is 0 Å². The Balaban J connectivity index is 1.55. The number of anilines is 2. The van der Waals surface area contributed by atoms with E-state index in [0.717, 1.165) is 11.5 Å². The van der Waals surface area contributed by atoms with Gasteiger partial charge in [-0.1, -0.05) is 0 Å². The lowest BCUT2D eigenvalue weighted by atomic mass is 10.1. The molecule has 2 aromatic rings. The average molecular weight is 455 g/mol. The van der Waals surface area contributed by atoms with Gasteiger partial charge in [0, 0.05) is 51.2 Å². The SMILES string of the molecule is CC(C)Nc1cccnc1N1CCN(C(=O)c2ccc(C(=O)NCCC(C)(C)O)cn2)CC1. The van der Waals surface area contributed by atoms with Crippen LogP contribution >= 0.6 is 0 Å². The van der Waals surface area contributed by atoms with Gasteiger partial charge in [0.2, 0.25) is 0 Å². The quantitative estimate of drug-likeness (QED) is 0.560. The van der Waals surface area contributed by atoms with E-state index in [1.165, 1.54) is 6.20 Å². The highest BCUT2D eigenvalue weighted by molar-refractivity contribution is 5.96. The maximum Gasteiger partial charge on any atom is 0.272 e. The van der Waals surface area contributed by atoms with Gasteiger partial charge in [-0.15, -0.1) is 0 Å². The highest BCUT2D eigenvalue weighted by atomic mass is 16.3. The Morgan fingerprint density at radius 3 is 2.45 bits per heavy atom. The van der Waals surface area contributed by atoms with Gasteiger partial charge in [0.1, 0.15) is 5.69 Å². The minimum Gasteiger partial charge on any atom is -0.390 e. The number of hydrogen-bond donors (Lipinski definition) is 3. The first kappa shape index (κ1) is 24.4. The average Bonchev–Trinajstić information content (AvgIpc) is 2.78. The topological polar surface area (TPSA) is 111 Å². The number of nitrogens with one attached hydrogen (secondary N) is 2. The molecule has 3 heterocycles. The van der Waals surface area contributed by atoms with Crippen molar-refractivity contribution in [3.05, 3.63) is 47.9 Å². The van der Waals surface area contributed by atoms with Gasteiger partial charge in [0.25, 0.3) is 11.8 Å². The smallest absolute Gasteiger partial charge is 0.272 e. The van der Waals surface area contributed by atoms with Gasteiger partial charge in [-0.2, -0.15) is 0 Å². The van der Waals surface area contributed by atoms with Crippen LogP contribution in [0.2, 0.25) is 0 Å². The molecule has 178 valence electrons. The Labute approximate surface area is 195 Å². The van der Waals surface area contributed by atoms with E-state index < -0.39 is 5.60 Å². The summed E-state index contributed by atoms with van der Waals surface area (Å²) in [5.74, 6) is 0.474. The van der Waals surface area contributed by atoms with Crippen molar-refractivity contribution < 1.29 is 14.7 Å². The van der Waals surface area contributed by atoms with Gasteiger partial charge in [0.15, 0.2) is 5.82 Å². The molecular formula is C24H34N6O3. The van der Waals surface area contributed by atoms with Crippen molar-refractivity contribution in [2.45, 2.75) is 45.8 Å². The van der Waals surface area contributed by atoms with Crippen molar-refractivity contribution >= 4 is 23.3 Å². The van der Waals surface area contributed by atoms with Crippen LogP contribution < -0.4 is 15.5 Å². The normalized spacial score (nSPS) is 14.4. The lowest BCUT2D eigenvalue weighted by molar-refractivity contribution is 0.0690. The number of aliphatic hydroxyl groups is 1. The number of carbonyl (C=O) groups is 2. The van der Waals surface area contributed by atoms with E-state index in [1.54, 1.807) is 37.1 Å². The molecule has 1 fully saturated rings. The second-order valence-electron chi connectivity index (χ2n) is 9.20. The number of rotatable bonds is 8. The van der Waals surface area contributed by atoms with Crippen molar-refractivity contribution in [2.75, 3.05) is 42.9 Å². The van der Waals surface area contributed by atoms with E-state index in [-0.39, 0.29) is 11.8 Å². The molecule has 1 aliphatic rings. The van der Waals surface area contributed by atoms with Gasteiger partial charge in [0.05, 0.1) is 16.9 Å². The van der Waals surface area contributed by atoms with Crippen molar-refractivity contribution in [1.29, 1.82) is 0 Å². The van der Waals surface area contributed by atoms with Crippen molar-refractivity contribution in [1.82, 2.24) is 20.2 Å². The predicted octanol–water partition coefficient (Wildman–Crippen LogP) is 2.15. The second kappa shape index (κ2) is 10.6. The maximum atomic E-state index is 12.9. The van der Waals surface area contributed by atoms with Crippen molar-refractivity contribution in [2.24, 2.45) is 0 Å². The van der Waals surface area contributed by atoms with Crippen LogP contribution in [0, 0.1) is 0 Å². The largest absolute Gasteiger partial charge is 0.390 e. The molecule has 9 nitrogen and oxygen atoms in total. The Bertz CT molecular complexity index is 947. The van der Waals surface area contributed by atoms with E-state index in [2.05, 4.69) is 39.3 Å². The minimum absolute atomic E-state index is 0.148. The number of amides is 2. The fraction of sp³-hybridized carbons (Fsp3) is 0.500. The van der Waals surface area contributed by atoms with Crippen LogP contribution in [0.4, 0.5) is 11.5 Å². The molecule has 0 atom stereocenters. The van der Waals surface area contributed by atoms with Crippen LogP contribution in [0.1, 0.15) is 55.0 Å². The summed E-state index contributed by atoms with van der Waals surface area (Å²) in [4.78, 5) is 37.9. The van der Waals surface area contributed by atoms with Crippen LogP contribution in [0.25, 0.3) is 0 Å². The summed E-state index contributed by atoms with van der Waals surface area (Å²) in [6.45, 7) is 10.4. The molecule has 9 heteroatoms. The van der Waals surface area contributed by atoms with E-state index >= 15 is 0 Å². The number of carbonyl (C=O) groups excluding carboxylic acids is 2. The third-order valence-corrected chi connectivity index (χ3v) is 5.36. The number of nitrogens with zero attached hydrogens (tertiary/aromatic N) is 4. The van der Waals surface area contributed by atoms with E-state index in [0.29, 0.717) is 56.4 Å². The first-order valence-electron chi connectivity index (χ1n) is 11.4. The molecule has 0 aliphatic carbocycles. The van der Waals surface area contributed by atoms with Crippen LogP contribution in [0.3, 0.4) is 0 Å². The number of hydrogen-bond acceptors (Lipinski definition) is 7. The summed E-state index contributed by atoms with van der Waals surface area (Å²) >= 11 is 0. The van der Waals surface area contributed by atoms with Crippen LogP contribution in [-0.4, -0.2) is 76.2 Å². The summed E-state index contributed by atoms with van der Waals surface area (Å²) in [6, 6.07) is 7.42. The van der Waals surface area contributed by atoms with Gasteiger partial charge >= 0.3 is 0 Å². The van der Waals surface area contributed by atoms with Crippen molar-refractivity contribution in [3.8, 4) is 0 Å². The first-order chi connectivity index (χ1) is 15.6. The lowest BCUT2D eigenvalue weighted by Crippen LogP contribution is -2.49. The molecule has 0 saturated carbocycles. The zero-order chi connectivity index (χ0) is 24.0. The molecule has 0 bridgehead atoms. The first-order valence-corrected chi connectivity index (χ1v) is 11.4. The molecule has 2 aromatic heterocycles. The molecule has 1 saturated heterocycles. The maximum absolute atomic E-state index is 12.9. The summed E-state index contributed by atoms with van der Waals surface area (Å²) in [6.07, 6.45) is 3.65. The molecule has 0 unspecified atom stereocenters. The Morgan fingerprint density at radius 2 is 1.85 bits per heavy atom. The van der Waals surface area contributed by atoms with E-state index in [1.807, 2.05) is 12.1 Å². The van der Waals surface area contributed by atoms with Crippen LogP contribution in [0.15, 0.2) is 36.7 Å². The van der Waals surface area contributed by atoms with Gasteiger partial charge in [-0.3, -0.25) is 14.6 Å². The second-order valence-corrected chi connectivity index (χ2v) is 9.20. The number of piperazine rings is 1. The summed E-state index contributed by atoms with van der Waals surface area (Å²) in [5, 5.41) is 15.9. The Kier molecular flexibility index (Phi) is 7.86. The highest BCUT2D eigenvalue weighted by Gasteiger charge is 2.25. The molecule has 0 spiro atoms. The van der Waals surface area contributed by atoms with Crippen LogP contribution in [-0.2, 0) is 0 Å². The molecule has 33 heavy (non-hydrogen) atoms. The molecule has 3 N–H and O–H groups in total. The van der Waals surface area contributed by atoms with E-state index in [9.17, 15) is 14.7 Å². The van der Waals surface area contributed by atoms with Crippen molar-refractivity contribution in [3.63, 3.8) is 0 Å². The molecule has 0 radical (unpaired) electrons. The lowest BCUT2D eigenvalue weighted by Gasteiger charge is -2.36. The third-order valence-electron chi connectivity index (χ3n) is 5.36. The summed E-state index contributed by atoms with van der Waals surface area (Å²) in [7, 11) is 0. The van der Waals surface area contributed by atoms with Crippen LogP contribution in [0.5, 0.6) is 0 Å². The highest BCUT2D eigenvalue weighted by Crippen LogP contribution is 2.24. The fourth-order valence-corrected chi connectivity index (χ4v) is 3.59. The third kappa shape index (κ3) is 6.89.